The predicted molar refractivity (Wildman–Crippen MR) is 118 cm³/mol. The van der Waals surface area contributed by atoms with Crippen molar-refractivity contribution in [2.45, 2.75) is 94.6 Å². The third kappa shape index (κ3) is 10.1. The highest BCUT2D eigenvalue weighted by molar-refractivity contribution is 7.87. The average Bonchev–Trinajstić information content (AvgIpc) is 2.81. The summed E-state index contributed by atoms with van der Waals surface area (Å²) in [6.07, 6.45) is -25.7. The fourth-order valence-corrected chi connectivity index (χ4v) is 3.72. The molecular formula is C21H25F9O13S. The Kier molecular flexibility index (Phi) is 12.8. The van der Waals surface area contributed by atoms with Crippen LogP contribution in [0.25, 0.3) is 0 Å². The number of rotatable bonds is 15. The number of carbonyl (C=O) groups is 4. The second-order valence-corrected chi connectivity index (χ2v) is 10.2. The molecule has 0 aliphatic carbocycles. The summed E-state index contributed by atoms with van der Waals surface area (Å²) in [7, 11) is -7.60. The highest BCUT2D eigenvalue weighted by atomic mass is 32.3. The normalized spacial score (nSPS) is 23.4. The molecule has 1 aliphatic heterocycles. The molecule has 0 aromatic heterocycles. The second-order valence-electron chi connectivity index (χ2n) is 8.84. The molecule has 1 fully saturated rings. The van der Waals surface area contributed by atoms with Crippen LogP contribution >= 0.6 is 0 Å². The molecule has 5 atom stereocenters. The number of ether oxygens (including phenoxy) is 7. The molecule has 1 rings (SSSR count). The molecule has 0 radical (unpaired) electrons. The minimum atomic E-state index is -7.60. The van der Waals surface area contributed by atoms with Gasteiger partial charge in [-0.25, -0.2) is 4.74 Å². The maximum atomic E-state index is 14.0. The van der Waals surface area contributed by atoms with Crippen LogP contribution in [-0.4, -0.2) is 99.6 Å². The smallest absolute Gasteiger partial charge is 0.463 e. The van der Waals surface area contributed by atoms with Gasteiger partial charge < -0.3 is 28.4 Å². The number of halogens is 9. The molecule has 0 aromatic rings. The summed E-state index contributed by atoms with van der Waals surface area (Å²) in [5.41, 5.74) is 0. The Balaban J connectivity index is 3.18. The van der Waals surface area contributed by atoms with E-state index >= 15 is 0 Å². The van der Waals surface area contributed by atoms with E-state index in [4.69, 9.17) is 28.4 Å². The van der Waals surface area contributed by atoms with E-state index < -0.39 is 114 Å². The Hall–Kier alpha value is -2.92. The maximum absolute atomic E-state index is 14.0. The number of carbonyl (C=O) groups excluding carboxylic acids is 4. The summed E-state index contributed by atoms with van der Waals surface area (Å²) in [5.74, 6) is -9.78. The number of hydrogen-bond acceptors (Lipinski definition) is 13. The van der Waals surface area contributed by atoms with Crippen LogP contribution in [0.1, 0.15) is 40.5 Å². The zero-order chi connectivity index (χ0) is 34.5. The largest absolute Gasteiger partial charge is 0.464 e. The molecule has 1 aliphatic rings. The Labute approximate surface area is 242 Å². The van der Waals surface area contributed by atoms with Gasteiger partial charge in [0.25, 0.3) is 0 Å². The fraction of sp³-hybridized carbons (Fsp3) is 0.810. The molecule has 0 spiro atoms. The predicted octanol–water partition coefficient (Wildman–Crippen LogP) is 2.60. The van der Waals surface area contributed by atoms with Gasteiger partial charge in [0.2, 0.25) is 0 Å². The third-order valence-corrected chi connectivity index (χ3v) is 6.04. The molecule has 2 unspecified atom stereocenters. The number of hydrogen-bond donors (Lipinski definition) is 0. The van der Waals surface area contributed by atoms with Crippen LogP contribution in [0, 0.1) is 0 Å². The van der Waals surface area contributed by atoms with Crippen LogP contribution in [0.15, 0.2) is 0 Å². The molecular weight excluding hydrogens is 663 g/mol. The first-order valence-corrected chi connectivity index (χ1v) is 13.2. The molecule has 0 N–H and O–H groups in total. The monoisotopic (exact) mass is 688 g/mol. The van der Waals surface area contributed by atoms with Crippen molar-refractivity contribution in [1.82, 2.24) is 0 Å². The SMILES string of the molecule is CC(=O)OCC1O[C@@H](OCCCC(F)(F)C(F)(F)OC(F)(F)C(F)(F)S(=O)(=O)F)C(OC(C)=O)[C@H](OC(C)=O)[C@@H]1OC(C)=O. The summed E-state index contributed by atoms with van der Waals surface area (Å²) < 4.78 is 174. The summed E-state index contributed by atoms with van der Waals surface area (Å²) in [5, 5.41) is -6.97. The minimum Gasteiger partial charge on any atom is -0.463 e. The van der Waals surface area contributed by atoms with Gasteiger partial charge in [-0.2, -0.15) is 43.5 Å². The van der Waals surface area contributed by atoms with E-state index in [9.17, 15) is 66.6 Å². The Morgan fingerprint density at radius 3 is 1.66 bits per heavy atom. The Morgan fingerprint density at radius 1 is 0.727 bits per heavy atom. The lowest BCUT2D eigenvalue weighted by molar-refractivity contribution is -0.456. The first-order chi connectivity index (χ1) is 19.8. The average molecular weight is 688 g/mol. The van der Waals surface area contributed by atoms with E-state index in [1.165, 1.54) is 0 Å². The van der Waals surface area contributed by atoms with Gasteiger partial charge >= 0.3 is 57.5 Å². The topological polar surface area (TPSA) is 167 Å². The van der Waals surface area contributed by atoms with E-state index in [0.29, 0.717) is 0 Å². The summed E-state index contributed by atoms with van der Waals surface area (Å²) in [6, 6.07) is 0. The molecule has 23 heteroatoms. The highest BCUT2D eigenvalue weighted by Gasteiger charge is 2.74. The molecule has 1 saturated heterocycles. The van der Waals surface area contributed by atoms with Crippen molar-refractivity contribution < 1.29 is 99.8 Å². The molecule has 1 heterocycles. The van der Waals surface area contributed by atoms with Gasteiger partial charge in [-0.15, -0.1) is 0 Å². The van der Waals surface area contributed by atoms with Crippen molar-refractivity contribution in [3.05, 3.63) is 0 Å². The van der Waals surface area contributed by atoms with Crippen molar-refractivity contribution in [3.8, 4) is 0 Å². The molecule has 44 heavy (non-hydrogen) atoms. The minimum absolute atomic E-state index is 0.729. The van der Waals surface area contributed by atoms with Gasteiger partial charge in [0.1, 0.15) is 12.7 Å². The van der Waals surface area contributed by atoms with Gasteiger partial charge in [0, 0.05) is 34.1 Å². The quantitative estimate of drug-likeness (QED) is 0.0811. The summed E-state index contributed by atoms with van der Waals surface area (Å²) >= 11 is 0. The van der Waals surface area contributed by atoms with Gasteiger partial charge in [-0.05, 0) is 6.42 Å². The molecule has 0 aromatic carbocycles. The van der Waals surface area contributed by atoms with Crippen molar-refractivity contribution in [2.24, 2.45) is 0 Å². The van der Waals surface area contributed by atoms with Crippen molar-refractivity contribution >= 4 is 34.1 Å². The van der Waals surface area contributed by atoms with Crippen LogP contribution in [0.2, 0.25) is 0 Å². The van der Waals surface area contributed by atoms with E-state index in [0.717, 1.165) is 27.7 Å². The molecule has 0 saturated carbocycles. The number of esters is 4. The first-order valence-electron chi connectivity index (χ1n) is 11.8. The van der Waals surface area contributed by atoms with E-state index in [2.05, 4.69) is 4.74 Å². The molecule has 13 nitrogen and oxygen atoms in total. The van der Waals surface area contributed by atoms with E-state index in [-0.39, 0.29) is 0 Å². The standard InChI is InChI=1S/C21H25F9O13S/c1-9(31)38-8-13-14(39-10(2)32)15(40-11(3)33)16(41-12(4)34)17(42-13)37-7-5-6-18(22,23)19(24,25)43-20(26,27)21(28,29)44(30,35)36/h13-17H,5-8H2,1-4H3/t13?,14-,15-,16?,17-/m1/s1. The second kappa shape index (κ2) is 14.5. The van der Waals surface area contributed by atoms with Crippen LogP contribution in [0.4, 0.5) is 39.0 Å². The summed E-state index contributed by atoms with van der Waals surface area (Å²) in [4.78, 5) is 46.4. The van der Waals surface area contributed by atoms with Gasteiger partial charge in [0.05, 0.1) is 6.61 Å². The van der Waals surface area contributed by atoms with Gasteiger partial charge in [-0.1, -0.05) is 3.89 Å². The van der Waals surface area contributed by atoms with Crippen LogP contribution < -0.4 is 0 Å². The van der Waals surface area contributed by atoms with Crippen LogP contribution in [-0.2, 0) is 62.6 Å². The van der Waals surface area contributed by atoms with Crippen LogP contribution in [0.3, 0.4) is 0 Å². The summed E-state index contributed by atoms with van der Waals surface area (Å²) in [6.45, 7) is 1.73. The molecule has 0 bridgehead atoms. The first kappa shape index (κ1) is 39.1. The number of alkyl halides is 8. The third-order valence-electron chi connectivity index (χ3n) is 5.19. The van der Waals surface area contributed by atoms with Gasteiger partial charge in [-0.3, -0.25) is 19.2 Å². The van der Waals surface area contributed by atoms with E-state index in [1.54, 1.807) is 0 Å². The Bertz CT molecular complexity index is 1170. The fourth-order valence-electron chi connectivity index (χ4n) is 3.40. The molecule has 256 valence electrons. The lowest BCUT2D eigenvalue weighted by Crippen LogP contribution is -2.63. The van der Waals surface area contributed by atoms with Crippen molar-refractivity contribution in [2.75, 3.05) is 13.2 Å². The highest BCUT2D eigenvalue weighted by Crippen LogP contribution is 2.48. The zero-order valence-electron chi connectivity index (χ0n) is 22.8. The van der Waals surface area contributed by atoms with E-state index in [1.807, 2.05) is 0 Å². The molecule has 0 amide bonds. The van der Waals surface area contributed by atoms with Gasteiger partial charge in [0.15, 0.2) is 24.6 Å². The maximum Gasteiger partial charge on any atom is 0.464 e. The lowest BCUT2D eigenvalue weighted by atomic mass is 9.98. The van der Waals surface area contributed by atoms with Crippen LogP contribution in [0.5, 0.6) is 0 Å². The van der Waals surface area contributed by atoms with Crippen molar-refractivity contribution in [1.29, 1.82) is 0 Å². The lowest BCUT2D eigenvalue weighted by Gasteiger charge is -2.44. The Morgan fingerprint density at radius 2 is 1.20 bits per heavy atom. The zero-order valence-corrected chi connectivity index (χ0v) is 23.6. The van der Waals surface area contributed by atoms with Crippen molar-refractivity contribution in [3.63, 3.8) is 0 Å².